The SMILES string of the molecule is CC(C)(C)c1ccc(C2(C(=O)O)CC(C(C)(C)C)C2)cc1. The van der Waals surface area contributed by atoms with Gasteiger partial charge in [-0.25, -0.2) is 0 Å². The van der Waals surface area contributed by atoms with E-state index in [1.807, 2.05) is 12.1 Å². The topological polar surface area (TPSA) is 37.3 Å². The number of carboxylic acids is 1. The average Bonchev–Trinajstić information content (AvgIpc) is 2.24. The molecule has 2 nitrogen and oxygen atoms in total. The maximum atomic E-state index is 11.9. The summed E-state index contributed by atoms with van der Waals surface area (Å²) in [6.45, 7) is 13.1. The minimum atomic E-state index is -0.675. The van der Waals surface area contributed by atoms with Gasteiger partial charge in [0.15, 0.2) is 0 Å². The number of benzene rings is 1. The molecule has 1 aliphatic carbocycles. The fourth-order valence-corrected chi connectivity index (χ4v) is 3.22. The zero-order valence-electron chi connectivity index (χ0n) is 14.2. The van der Waals surface area contributed by atoms with Crippen molar-refractivity contribution in [1.82, 2.24) is 0 Å². The van der Waals surface area contributed by atoms with E-state index < -0.39 is 11.4 Å². The summed E-state index contributed by atoms with van der Waals surface area (Å²) < 4.78 is 0. The molecule has 1 N–H and O–H groups in total. The van der Waals surface area contributed by atoms with Crippen LogP contribution in [0.1, 0.15) is 65.5 Å². The quantitative estimate of drug-likeness (QED) is 0.851. The van der Waals surface area contributed by atoms with E-state index in [1.54, 1.807) is 0 Å². The molecule has 0 unspecified atom stereocenters. The van der Waals surface area contributed by atoms with Crippen LogP contribution in [0.2, 0.25) is 0 Å². The lowest BCUT2D eigenvalue weighted by Gasteiger charge is -2.50. The molecular formula is C19H28O2. The molecule has 0 saturated heterocycles. The third-order valence-electron chi connectivity index (χ3n) is 5.13. The van der Waals surface area contributed by atoms with Crippen LogP contribution < -0.4 is 0 Å². The molecule has 0 bridgehead atoms. The Morgan fingerprint density at radius 2 is 1.52 bits per heavy atom. The predicted molar refractivity (Wildman–Crippen MR) is 86.6 cm³/mol. The van der Waals surface area contributed by atoms with E-state index in [0.717, 1.165) is 18.4 Å². The van der Waals surface area contributed by atoms with Crippen LogP contribution in [0.25, 0.3) is 0 Å². The van der Waals surface area contributed by atoms with Crippen molar-refractivity contribution < 1.29 is 9.90 Å². The highest BCUT2D eigenvalue weighted by Gasteiger charge is 2.54. The van der Waals surface area contributed by atoms with Gasteiger partial charge in [-0.2, -0.15) is 0 Å². The molecule has 1 saturated carbocycles. The number of hydrogen-bond acceptors (Lipinski definition) is 1. The van der Waals surface area contributed by atoms with Gasteiger partial charge in [-0.15, -0.1) is 0 Å². The second-order valence-corrected chi connectivity index (χ2v) is 8.69. The second kappa shape index (κ2) is 4.86. The van der Waals surface area contributed by atoms with Gasteiger partial charge < -0.3 is 5.11 Å². The fourth-order valence-electron chi connectivity index (χ4n) is 3.22. The van der Waals surface area contributed by atoms with Crippen LogP contribution in [-0.2, 0) is 15.6 Å². The molecule has 2 rings (SSSR count). The van der Waals surface area contributed by atoms with E-state index in [4.69, 9.17) is 0 Å². The highest BCUT2D eigenvalue weighted by Crippen LogP contribution is 2.54. The molecule has 0 aliphatic heterocycles. The number of aliphatic carboxylic acids is 1. The van der Waals surface area contributed by atoms with E-state index in [0.29, 0.717) is 5.92 Å². The summed E-state index contributed by atoms with van der Waals surface area (Å²) in [5.74, 6) is -0.192. The summed E-state index contributed by atoms with van der Waals surface area (Å²) >= 11 is 0. The number of rotatable bonds is 2. The minimum absolute atomic E-state index is 0.0997. The fraction of sp³-hybridized carbons (Fsp3) is 0.632. The molecule has 0 radical (unpaired) electrons. The largest absolute Gasteiger partial charge is 0.481 e. The van der Waals surface area contributed by atoms with Crippen molar-refractivity contribution in [1.29, 1.82) is 0 Å². The molecule has 1 aliphatic rings. The first kappa shape index (κ1) is 16.1. The molecule has 1 aromatic carbocycles. The summed E-state index contributed by atoms with van der Waals surface area (Å²) in [6.07, 6.45) is 1.50. The van der Waals surface area contributed by atoms with Crippen LogP contribution in [0, 0.1) is 11.3 Å². The van der Waals surface area contributed by atoms with Crippen LogP contribution in [0.15, 0.2) is 24.3 Å². The first-order valence-electron chi connectivity index (χ1n) is 7.81. The van der Waals surface area contributed by atoms with Crippen LogP contribution in [0.5, 0.6) is 0 Å². The molecule has 0 amide bonds. The smallest absolute Gasteiger partial charge is 0.314 e. The van der Waals surface area contributed by atoms with Crippen molar-refractivity contribution in [2.75, 3.05) is 0 Å². The first-order valence-corrected chi connectivity index (χ1v) is 7.81. The summed E-state index contributed by atoms with van der Waals surface area (Å²) in [5.41, 5.74) is 1.82. The molecule has 0 aromatic heterocycles. The molecule has 116 valence electrons. The summed E-state index contributed by atoms with van der Waals surface area (Å²) in [7, 11) is 0. The van der Waals surface area contributed by atoms with Crippen molar-refractivity contribution in [3.63, 3.8) is 0 Å². The summed E-state index contributed by atoms with van der Waals surface area (Å²) in [5, 5.41) is 9.75. The van der Waals surface area contributed by atoms with Gasteiger partial charge in [-0.1, -0.05) is 65.8 Å². The lowest BCUT2D eigenvalue weighted by molar-refractivity contribution is -0.152. The number of carbonyl (C=O) groups is 1. The van der Waals surface area contributed by atoms with Crippen molar-refractivity contribution in [2.45, 2.75) is 65.2 Å². The van der Waals surface area contributed by atoms with E-state index in [1.165, 1.54) is 5.56 Å². The maximum absolute atomic E-state index is 11.9. The van der Waals surface area contributed by atoms with Crippen molar-refractivity contribution in [2.24, 2.45) is 11.3 Å². The van der Waals surface area contributed by atoms with Crippen LogP contribution in [0.4, 0.5) is 0 Å². The number of carboxylic acid groups (broad SMARTS) is 1. The van der Waals surface area contributed by atoms with Crippen molar-refractivity contribution in [3.8, 4) is 0 Å². The summed E-state index contributed by atoms with van der Waals surface area (Å²) in [6, 6.07) is 8.22. The van der Waals surface area contributed by atoms with E-state index >= 15 is 0 Å². The Bertz CT molecular complexity index is 520. The maximum Gasteiger partial charge on any atom is 0.314 e. The highest BCUT2D eigenvalue weighted by molar-refractivity contribution is 5.83. The molecule has 0 spiro atoms. The van der Waals surface area contributed by atoms with Gasteiger partial charge >= 0.3 is 5.97 Å². The van der Waals surface area contributed by atoms with Crippen LogP contribution in [0.3, 0.4) is 0 Å². The standard InChI is InChI=1S/C19H28O2/c1-17(2,3)13-7-9-14(10-8-13)19(16(20)21)11-15(12-19)18(4,5)6/h7-10,15H,11-12H2,1-6H3,(H,20,21). The Hall–Kier alpha value is -1.31. The van der Waals surface area contributed by atoms with Gasteiger partial charge in [0.05, 0.1) is 5.41 Å². The van der Waals surface area contributed by atoms with Gasteiger partial charge in [-0.3, -0.25) is 4.79 Å². The molecule has 0 atom stereocenters. The Kier molecular flexibility index (Phi) is 3.72. The van der Waals surface area contributed by atoms with E-state index in [-0.39, 0.29) is 10.8 Å². The Balaban J connectivity index is 2.28. The molecule has 21 heavy (non-hydrogen) atoms. The average molecular weight is 288 g/mol. The molecular weight excluding hydrogens is 260 g/mol. The van der Waals surface area contributed by atoms with Crippen molar-refractivity contribution in [3.05, 3.63) is 35.4 Å². The Labute approximate surface area is 128 Å². The zero-order chi connectivity index (χ0) is 16.1. The van der Waals surface area contributed by atoms with Gasteiger partial charge in [0.2, 0.25) is 0 Å². The summed E-state index contributed by atoms with van der Waals surface area (Å²) in [4.78, 5) is 11.9. The van der Waals surface area contributed by atoms with Gasteiger partial charge in [-0.05, 0) is 40.7 Å². The number of hydrogen-bond donors (Lipinski definition) is 1. The zero-order valence-corrected chi connectivity index (χ0v) is 14.2. The molecule has 0 heterocycles. The monoisotopic (exact) mass is 288 g/mol. The lowest BCUT2D eigenvalue weighted by atomic mass is 9.52. The highest BCUT2D eigenvalue weighted by atomic mass is 16.4. The van der Waals surface area contributed by atoms with Crippen molar-refractivity contribution >= 4 is 5.97 Å². The van der Waals surface area contributed by atoms with Crippen LogP contribution >= 0.6 is 0 Å². The Morgan fingerprint density at radius 1 is 1.05 bits per heavy atom. The first-order chi connectivity index (χ1) is 9.47. The third-order valence-corrected chi connectivity index (χ3v) is 5.13. The van der Waals surface area contributed by atoms with Gasteiger partial charge in [0.25, 0.3) is 0 Å². The lowest BCUT2D eigenvalue weighted by Crippen LogP contribution is -2.51. The molecule has 1 aromatic rings. The van der Waals surface area contributed by atoms with E-state index in [9.17, 15) is 9.90 Å². The molecule has 1 fully saturated rings. The van der Waals surface area contributed by atoms with Gasteiger partial charge in [0.1, 0.15) is 0 Å². The molecule has 2 heteroatoms. The van der Waals surface area contributed by atoms with Crippen LogP contribution in [-0.4, -0.2) is 11.1 Å². The predicted octanol–water partition coefficient (Wildman–Crippen LogP) is 4.76. The third kappa shape index (κ3) is 2.86. The second-order valence-electron chi connectivity index (χ2n) is 8.69. The van der Waals surface area contributed by atoms with Gasteiger partial charge in [0, 0.05) is 0 Å². The minimum Gasteiger partial charge on any atom is -0.481 e. The normalized spacial score (nSPS) is 26.3. The van der Waals surface area contributed by atoms with E-state index in [2.05, 4.69) is 53.7 Å². The Morgan fingerprint density at radius 3 is 1.86 bits per heavy atom.